The van der Waals surface area contributed by atoms with Crippen molar-refractivity contribution in [1.29, 1.82) is 0 Å². The number of amides is 3. The number of thiophene rings is 2. The summed E-state index contributed by atoms with van der Waals surface area (Å²) in [6, 6.07) is 13.6. The molecule has 0 aliphatic carbocycles. The van der Waals surface area contributed by atoms with Crippen molar-refractivity contribution in [2.75, 3.05) is 0 Å². The molecule has 4 aromatic rings. The number of halogens is 3. The number of benzene rings is 2. The number of nitrogens with two attached hydrogens (primary N) is 1. The lowest BCUT2D eigenvalue weighted by atomic mass is 10.1. The summed E-state index contributed by atoms with van der Waals surface area (Å²) in [7, 11) is 0. The minimum absolute atomic E-state index is 0.168. The maximum Gasteiger partial charge on any atom is 0.416 e. The van der Waals surface area contributed by atoms with Crippen LogP contribution in [0, 0.1) is 0 Å². The highest BCUT2D eigenvalue weighted by molar-refractivity contribution is 7.16. The number of aromatic hydroxyl groups is 1. The Bertz CT molecular complexity index is 1630. The molecule has 1 unspecified atom stereocenters. The summed E-state index contributed by atoms with van der Waals surface area (Å²) >= 11 is 2.09. The average Bonchev–Trinajstić information content (AvgIpc) is 3.59. The van der Waals surface area contributed by atoms with Gasteiger partial charge in [-0.05, 0) is 61.4 Å². The summed E-state index contributed by atoms with van der Waals surface area (Å²) in [6.07, 6.45) is -4.46. The van der Waals surface area contributed by atoms with Crippen LogP contribution in [0.2, 0.25) is 0 Å². The number of hydrazone groups is 1. The van der Waals surface area contributed by atoms with Gasteiger partial charge >= 0.3 is 6.18 Å². The molecule has 8 nitrogen and oxygen atoms in total. The molecule has 2 aromatic carbocycles. The highest BCUT2D eigenvalue weighted by atomic mass is 32.1. The molecule has 0 radical (unpaired) electrons. The van der Waals surface area contributed by atoms with Crippen molar-refractivity contribution in [3.63, 3.8) is 0 Å². The van der Waals surface area contributed by atoms with Gasteiger partial charge in [-0.25, -0.2) is 5.43 Å². The Balaban J connectivity index is 1.39. The predicted octanol–water partition coefficient (Wildman–Crippen LogP) is 5.94. The first-order valence-electron chi connectivity index (χ1n) is 12.0. The van der Waals surface area contributed by atoms with E-state index in [1.54, 1.807) is 43.5 Å². The Hall–Kier alpha value is -4.49. The Morgan fingerprint density at radius 1 is 0.951 bits per heavy atom. The highest BCUT2D eigenvalue weighted by Crippen LogP contribution is 2.40. The second kappa shape index (κ2) is 11.9. The molecule has 0 aliphatic heterocycles. The molecule has 2 aromatic heterocycles. The van der Waals surface area contributed by atoms with Gasteiger partial charge in [-0.15, -0.1) is 22.7 Å². The average molecular weight is 601 g/mol. The van der Waals surface area contributed by atoms with E-state index in [0.717, 1.165) is 40.4 Å². The molecule has 212 valence electrons. The van der Waals surface area contributed by atoms with Crippen LogP contribution in [-0.2, 0) is 6.18 Å². The molecule has 41 heavy (non-hydrogen) atoms. The maximum atomic E-state index is 12.8. The quantitative estimate of drug-likeness (QED) is 0.147. The fraction of sp³-hybridized carbons (Fsp3) is 0.143. The SMILES string of the molecule is CC(=NNC(=O)c1ccc(C(=O)NC(C)c2ccc(C(N)=O)cc2)s1)c1csc(-c2ccc(C(F)(F)F)cc2)c1O. The van der Waals surface area contributed by atoms with E-state index in [1.165, 1.54) is 24.3 Å². The largest absolute Gasteiger partial charge is 0.506 e. The van der Waals surface area contributed by atoms with Crippen LogP contribution in [-0.4, -0.2) is 28.5 Å². The third-order valence-corrected chi connectivity index (χ3v) is 8.15. The van der Waals surface area contributed by atoms with Crippen LogP contribution < -0.4 is 16.5 Å². The summed E-state index contributed by atoms with van der Waals surface area (Å²) in [6.45, 7) is 3.34. The molecule has 1 atom stereocenters. The van der Waals surface area contributed by atoms with Crippen LogP contribution in [0.3, 0.4) is 0 Å². The van der Waals surface area contributed by atoms with Gasteiger partial charge < -0.3 is 16.2 Å². The van der Waals surface area contributed by atoms with E-state index in [0.29, 0.717) is 26.4 Å². The van der Waals surface area contributed by atoms with Crippen molar-refractivity contribution in [1.82, 2.24) is 10.7 Å². The number of hydrogen-bond donors (Lipinski definition) is 4. The normalized spacial score (nSPS) is 12.6. The second-order valence-electron chi connectivity index (χ2n) is 8.89. The Morgan fingerprint density at radius 2 is 1.56 bits per heavy atom. The molecular weight excluding hydrogens is 577 g/mol. The van der Waals surface area contributed by atoms with Gasteiger partial charge in [0.05, 0.1) is 37.5 Å². The van der Waals surface area contributed by atoms with Gasteiger partial charge in [-0.1, -0.05) is 24.3 Å². The van der Waals surface area contributed by atoms with E-state index in [-0.39, 0.29) is 28.3 Å². The lowest BCUT2D eigenvalue weighted by Crippen LogP contribution is -2.26. The maximum absolute atomic E-state index is 12.8. The van der Waals surface area contributed by atoms with Crippen LogP contribution in [0.15, 0.2) is 71.1 Å². The van der Waals surface area contributed by atoms with Crippen molar-refractivity contribution in [2.24, 2.45) is 10.8 Å². The number of nitrogens with zero attached hydrogens (tertiary/aromatic N) is 1. The first-order chi connectivity index (χ1) is 19.3. The van der Waals surface area contributed by atoms with Crippen LogP contribution in [0.5, 0.6) is 5.75 Å². The first kappa shape index (κ1) is 29.5. The number of alkyl halides is 3. The van der Waals surface area contributed by atoms with E-state index in [9.17, 15) is 32.7 Å². The molecule has 0 fully saturated rings. The first-order valence-corrected chi connectivity index (χ1v) is 13.7. The second-order valence-corrected chi connectivity index (χ2v) is 10.8. The van der Waals surface area contributed by atoms with Gasteiger partial charge in [-0.2, -0.15) is 18.3 Å². The van der Waals surface area contributed by atoms with Gasteiger partial charge in [-0.3, -0.25) is 14.4 Å². The molecule has 0 bridgehead atoms. The summed E-state index contributed by atoms with van der Waals surface area (Å²) in [5.41, 5.74) is 8.96. The molecule has 5 N–H and O–H groups in total. The van der Waals surface area contributed by atoms with Gasteiger partial charge in [0.25, 0.3) is 11.8 Å². The zero-order valence-electron chi connectivity index (χ0n) is 21.6. The van der Waals surface area contributed by atoms with Crippen molar-refractivity contribution in [2.45, 2.75) is 26.1 Å². The van der Waals surface area contributed by atoms with Gasteiger partial charge in [0, 0.05) is 10.9 Å². The molecule has 0 aliphatic rings. The van der Waals surface area contributed by atoms with Gasteiger partial charge in [0.15, 0.2) is 0 Å². The molecule has 13 heteroatoms. The third-order valence-electron chi connectivity index (χ3n) is 6.05. The summed E-state index contributed by atoms with van der Waals surface area (Å²) in [5.74, 6) is -1.67. The standard InChI is InChI=1S/C28H23F3N4O4S2/c1-14(16-3-5-18(6-4-16)25(32)37)33-26(38)21-11-12-22(41-21)27(39)35-34-15(2)20-13-40-24(23(20)36)17-7-9-19(10-8-17)28(29,30)31/h3-14,36H,1-2H3,(H2,32,37)(H,33,38)(H,35,39). The lowest BCUT2D eigenvalue weighted by Gasteiger charge is -2.14. The van der Waals surface area contributed by atoms with Crippen molar-refractivity contribution in [3.8, 4) is 16.2 Å². The third kappa shape index (κ3) is 6.81. The van der Waals surface area contributed by atoms with Crippen molar-refractivity contribution < 1.29 is 32.7 Å². The zero-order chi connectivity index (χ0) is 29.9. The fourth-order valence-corrected chi connectivity index (χ4v) is 5.55. The van der Waals surface area contributed by atoms with E-state index in [2.05, 4.69) is 15.8 Å². The van der Waals surface area contributed by atoms with Crippen molar-refractivity contribution >= 4 is 46.1 Å². The van der Waals surface area contributed by atoms with Crippen molar-refractivity contribution in [3.05, 3.63) is 98.1 Å². The zero-order valence-corrected chi connectivity index (χ0v) is 23.2. The number of hydrogen-bond acceptors (Lipinski definition) is 7. The minimum atomic E-state index is -4.46. The number of primary amides is 1. The van der Waals surface area contributed by atoms with E-state index in [1.807, 2.05) is 0 Å². The number of carbonyl (C=O) groups excluding carboxylic acids is 3. The lowest BCUT2D eigenvalue weighted by molar-refractivity contribution is -0.137. The topological polar surface area (TPSA) is 134 Å². The molecule has 4 rings (SSSR count). The predicted molar refractivity (Wildman–Crippen MR) is 151 cm³/mol. The van der Waals surface area contributed by atoms with E-state index >= 15 is 0 Å². The molecule has 0 saturated heterocycles. The van der Waals surface area contributed by atoms with Crippen LogP contribution in [0.4, 0.5) is 13.2 Å². The number of nitrogens with one attached hydrogen (secondary N) is 2. The molecule has 2 heterocycles. The number of carbonyl (C=O) groups is 3. The Labute approximate surface area is 240 Å². The fourth-order valence-electron chi connectivity index (χ4n) is 3.74. The number of rotatable bonds is 8. The molecule has 3 amide bonds. The summed E-state index contributed by atoms with van der Waals surface area (Å²) in [4.78, 5) is 37.5. The van der Waals surface area contributed by atoms with Crippen LogP contribution in [0.25, 0.3) is 10.4 Å². The van der Waals surface area contributed by atoms with Gasteiger partial charge in [0.1, 0.15) is 5.75 Å². The van der Waals surface area contributed by atoms with E-state index < -0.39 is 23.6 Å². The minimum Gasteiger partial charge on any atom is -0.506 e. The molecular formula is C28H23F3N4O4S2. The molecule has 0 saturated carbocycles. The Morgan fingerprint density at radius 3 is 2.15 bits per heavy atom. The monoisotopic (exact) mass is 600 g/mol. The summed E-state index contributed by atoms with van der Waals surface area (Å²) < 4.78 is 38.5. The summed E-state index contributed by atoms with van der Waals surface area (Å²) in [5, 5.41) is 19.1. The van der Waals surface area contributed by atoms with Crippen LogP contribution in [0.1, 0.15) is 66.3 Å². The van der Waals surface area contributed by atoms with Crippen LogP contribution >= 0.6 is 22.7 Å². The highest BCUT2D eigenvalue weighted by Gasteiger charge is 2.30. The smallest absolute Gasteiger partial charge is 0.416 e. The van der Waals surface area contributed by atoms with E-state index in [4.69, 9.17) is 5.73 Å². The Kier molecular flexibility index (Phi) is 8.59. The molecule has 0 spiro atoms. The van der Waals surface area contributed by atoms with Gasteiger partial charge in [0.2, 0.25) is 5.91 Å².